The molecule has 4 nitrogen and oxygen atoms in total. The quantitative estimate of drug-likeness (QED) is 0.750. The highest BCUT2D eigenvalue weighted by Gasteiger charge is 2.13. The summed E-state index contributed by atoms with van der Waals surface area (Å²) < 4.78 is 23.3. The molecule has 1 aromatic rings. The Morgan fingerprint density at radius 2 is 2.21 bits per heavy atom. The molecule has 1 heterocycles. The second kappa shape index (κ2) is 4.31. The molecule has 0 aliphatic rings. The molecule has 0 saturated heterocycles. The highest BCUT2D eigenvalue weighted by molar-refractivity contribution is 8.13. The Bertz CT molecular complexity index is 397. The first kappa shape index (κ1) is 11.5. The molecule has 0 fully saturated rings. The van der Waals surface area contributed by atoms with Gasteiger partial charge in [0.25, 0.3) is 9.05 Å². The first-order valence-electron chi connectivity index (χ1n) is 4.37. The van der Waals surface area contributed by atoms with Crippen LogP contribution in [0.4, 0.5) is 0 Å². The molecule has 1 aromatic heterocycles. The monoisotopic (exact) mass is 236 g/mol. The number of hydrogen-bond acceptors (Lipinski definition) is 3. The van der Waals surface area contributed by atoms with Gasteiger partial charge in [0, 0.05) is 23.4 Å². The average Bonchev–Trinajstić information content (AvgIpc) is 2.47. The molecule has 0 radical (unpaired) electrons. The topological polar surface area (TPSA) is 52.0 Å². The third kappa shape index (κ3) is 3.31. The standard InChI is InChI=1S/C8H13ClN2O2S/c1-7(2)3-5-11-6-4-8(10-11)14(9,12)13/h4,6-7H,3,5H2,1-2H3. The summed E-state index contributed by atoms with van der Waals surface area (Å²) in [6.45, 7) is 4.91. The molecule has 1 rings (SSSR count). The number of aryl methyl sites for hydroxylation is 1. The SMILES string of the molecule is CC(C)CCn1ccc(S(=O)(=O)Cl)n1. The van der Waals surface area contributed by atoms with E-state index in [4.69, 9.17) is 10.7 Å². The van der Waals surface area contributed by atoms with E-state index in [1.54, 1.807) is 10.9 Å². The number of nitrogens with zero attached hydrogens (tertiary/aromatic N) is 2. The molecule has 0 N–H and O–H groups in total. The summed E-state index contributed by atoms with van der Waals surface area (Å²) in [4.78, 5) is 0. The molecule has 0 bridgehead atoms. The highest BCUT2D eigenvalue weighted by atomic mass is 35.7. The molecular formula is C8H13ClN2O2S. The van der Waals surface area contributed by atoms with E-state index in [0.717, 1.165) is 6.42 Å². The Morgan fingerprint density at radius 3 is 2.64 bits per heavy atom. The van der Waals surface area contributed by atoms with Crippen molar-refractivity contribution in [3.63, 3.8) is 0 Å². The first-order valence-corrected chi connectivity index (χ1v) is 6.68. The van der Waals surface area contributed by atoms with Gasteiger partial charge in [-0.2, -0.15) is 5.10 Å². The Balaban J connectivity index is 2.70. The van der Waals surface area contributed by atoms with Crippen molar-refractivity contribution >= 4 is 19.7 Å². The van der Waals surface area contributed by atoms with Gasteiger partial charge in [0.1, 0.15) is 0 Å². The third-order valence-electron chi connectivity index (χ3n) is 1.80. The molecule has 0 saturated carbocycles. The lowest BCUT2D eigenvalue weighted by molar-refractivity contribution is 0.480. The smallest absolute Gasteiger partial charge is 0.271 e. The van der Waals surface area contributed by atoms with Gasteiger partial charge in [-0.25, -0.2) is 8.42 Å². The van der Waals surface area contributed by atoms with Crippen molar-refractivity contribution < 1.29 is 8.42 Å². The molecule has 0 aliphatic heterocycles. The fourth-order valence-corrected chi connectivity index (χ4v) is 1.66. The summed E-state index contributed by atoms with van der Waals surface area (Å²) in [5, 5.41) is 3.77. The molecule has 0 unspecified atom stereocenters. The van der Waals surface area contributed by atoms with E-state index in [-0.39, 0.29) is 5.03 Å². The van der Waals surface area contributed by atoms with Gasteiger partial charge in [0.15, 0.2) is 5.03 Å². The molecule has 80 valence electrons. The van der Waals surface area contributed by atoms with Crippen molar-refractivity contribution in [3.05, 3.63) is 12.3 Å². The predicted octanol–water partition coefficient (Wildman–Crippen LogP) is 1.86. The Morgan fingerprint density at radius 1 is 1.57 bits per heavy atom. The number of aromatic nitrogens is 2. The lowest BCUT2D eigenvalue weighted by Crippen LogP contribution is -2.03. The van der Waals surface area contributed by atoms with Gasteiger partial charge in [0.05, 0.1) is 0 Å². The van der Waals surface area contributed by atoms with Crippen LogP contribution in [0.2, 0.25) is 0 Å². The van der Waals surface area contributed by atoms with Gasteiger partial charge in [-0.1, -0.05) is 13.8 Å². The summed E-state index contributed by atoms with van der Waals surface area (Å²) in [6, 6.07) is 1.41. The van der Waals surface area contributed by atoms with E-state index in [1.807, 2.05) is 0 Å². The summed E-state index contributed by atoms with van der Waals surface area (Å²) in [5.41, 5.74) is 0. The fourth-order valence-electron chi connectivity index (χ4n) is 0.988. The minimum absolute atomic E-state index is 0.0806. The molecule has 0 aromatic carbocycles. The first-order chi connectivity index (χ1) is 6.39. The van der Waals surface area contributed by atoms with E-state index in [2.05, 4.69) is 18.9 Å². The predicted molar refractivity (Wildman–Crippen MR) is 54.7 cm³/mol. The molecular weight excluding hydrogens is 224 g/mol. The lowest BCUT2D eigenvalue weighted by Gasteiger charge is -2.03. The van der Waals surface area contributed by atoms with Crippen LogP contribution in [0.3, 0.4) is 0 Å². The van der Waals surface area contributed by atoms with Crippen molar-refractivity contribution in [1.29, 1.82) is 0 Å². The summed E-state index contributed by atoms with van der Waals surface area (Å²) >= 11 is 0. The van der Waals surface area contributed by atoms with Crippen molar-refractivity contribution in [2.24, 2.45) is 5.92 Å². The minimum atomic E-state index is -3.68. The van der Waals surface area contributed by atoms with Crippen LogP contribution in [0, 0.1) is 5.92 Å². The molecule has 0 atom stereocenters. The van der Waals surface area contributed by atoms with Crippen molar-refractivity contribution in [2.45, 2.75) is 31.8 Å². The maximum atomic E-state index is 10.9. The van der Waals surface area contributed by atoms with Crippen LogP contribution < -0.4 is 0 Å². The van der Waals surface area contributed by atoms with Crippen LogP contribution in [-0.4, -0.2) is 18.2 Å². The Labute approximate surface area is 88.3 Å². The molecule has 14 heavy (non-hydrogen) atoms. The number of rotatable bonds is 4. The van der Waals surface area contributed by atoms with Gasteiger partial charge >= 0.3 is 0 Å². The van der Waals surface area contributed by atoms with Crippen LogP contribution in [-0.2, 0) is 15.6 Å². The fraction of sp³-hybridized carbons (Fsp3) is 0.625. The van der Waals surface area contributed by atoms with E-state index >= 15 is 0 Å². The maximum absolute atomic E-state index is 10.9. The molecule has 0 aliphatic carbocycles. The van der Waals surface area contributed by atoms with Gasteiger partial charge < -0.3 is 0 Å². The van der Waals surface area contributed by atoms with Crippen LogP contribution >= 0.6 is 10.7 Å². The van der Waals surface area contributed by atoms with Gasteiger partial charge in [-0.15, -0.1) is 0 Å². The van der Waals surface area contributed by atoms with Crippen LogP contribution in [0.25, 0.3) is 0 Å². The zero-order valence-electron chi connectivity index (χ0n) is 8.14. The van der Waals surface area contributed by atoms with Gasteiger partial charge in [-0.05, 0) is 18.4 Å². The maximum Gasteiger partial charge on any atom is 0.280 e. The number of hydrogen-bond donors (Lipinski definition) is 0. The van der Waals surface area contributed by atoms with Gasteiger partial charge in [0.2, 0.25) is 0 Å². The minimum Gasteiger partial charge on any atom is -0.271 e. The van der Waals surface area contributed by atoms with E-state index in [9.17, 15) is 8.42 Å². The Kier molecular flexibility index (Phi) is 3.55. The largest absolute Gasteiger partial charge is 0.280 e. The van der Waals surface area contributed by atoms with Crippen molar-refractivity contribution in [2.75, 3.05) is 0 Å². The zero-order valence-corrected chi connectivity index (χ0v) is 9.72. The Hall–Kier alpha value is -0.550. The lowest BCUT2D eigenvalue weighted by atomic mass is 10.1. The van der Waals surface area contributed by atoms with E-state index < -0.39 is 9.05 Å². The number of halogens is 1. The van der Waals surface area contributed by atoms with Crippen LogP contribution in [0.5, 0.6) is 0 Å². The summed E-state index contributed by atoms with van der Waals surface area (Å²) in [6.07, 6.45) is 2.58. The zero-order chi connectivity index (χ0) is 10.8. The molecule has 6 heteroatoms. The third-order valence-corrected chi connectivity index (χ3v) is 2.99. The highest BCUT2D eigenvalue weighted by Crippen LogP contribution is 2.11. The van der Waals surface area contributed by atoms with Crippen LogP contribution in [0.15, 0.2) is 17.3 Å². The van der Waals surface area contributed by atoms with Crippen LogP contribution in [0.1, 0.15) is 20.3 Å². The second-order valence-corrected chi connectivity index (χ2v) is 6.05. The summed E-state index contributed by atoms with van der Waals surface area (Å²) in [7, 11) is 1.45. The molecule has 0 amide bonds. The summed E-state index contributed by atoms with van der Waals surface area (Å²) in [5.74, 6) is 0.565. The molecule has 0 spiro atoms. The normalized spacial score (nSPS) is 12.3. The van der Waals surface area contributed by atoms with E-state index in [0.29, 0.717) is 12.5 Å². The van der Waals surface area contributed by atoms with Crippen molar-refractivity contribution in [3.8, 4) is 0 Å². The van der Waals surface area contributed by atoms with Gasteiger partial charge in [-0.3, -0.25) is 4.68 Å². The van der Waals surface area contributed by atoms with E-state index in [1.165, 1.54) is 6.07 Å². The van der Waals surface area contributed by atoms with Crippen molar-refractivity contribution in [1.82, 2.24) is 9.78 Å². The average molecular weight is 237 g/mol. The second-order valence-electron chi connectivity index (χ2n) is 3.54.